The monoisotopic (exact) mass is 538 g/mol. The Labute approximate surface area is 224 Å². The highest BCUT2D eigenvalue weighted by Crippen LogP contribution is 2.48. The normalized spacial score (nSPS) is 14.7. The molecule has 36 heavy (non-hydrogen) atoms. The summed E-state index contributed by atoms with van der Waals surface area (Å²) in [6.45, 7) is 4.49. The zero-order valence-electron chi connectivity index (χ0n) is 24.8. The van der Waals surface area contributed by atoms with Crippen LogP contribution in [0.25, 0.3) is 0 Å². The Kier molecular flexibility index (Phi) is 24.1. The van der Waals surface area contributed by atoms with Gasteiger partial charge in [-0.25, -0.2) is 4.57 Å². The Bertz CT molecular complexity index is 515. The number of quaternary nitrogens is 1. The average molecular weight is 539 g/mol. The van der Waals surface area contributed by atoms with Gasteiger partial charge in [0.1, 0.15) is 19.3 Å². The summed E-state index contributed by atoms with van der Waals surface area (Å²) in [5.41, 5.74) is 0. The van der Waals surface area contributed by atoms with Crippen molar-refractivity contribution in [2.45, 2.75) is 116 Å². The molecule has 0 aromatic rings. The summed E-state index contributed by atoms with van der Waals surface area (Å²) in [6, 6.07) is 0. The number of rotatable bonds is 28. The average Bonchev–Trinajstić information content (AvgIpc) is 2.84. The van der Waals surface area contributed by atoms with Crippen LogP contribution in [-0.4, -0.2) is 78.9 Å². The third-order valence-corrected chi connectivity index (χ3v) is 7.84. The van der Waals surface area contributed by atoms with Crippen molar-refractivity contribution in [2.75, 3.05) is 68.3 Å². The summed E-state index contributed by atoms with van der Waals surface area (Å²) in [7, 11) is 5.48. The van der Waals surface area contributed by atoms with Gasteiger partial charge in [-0.05, 0) is 6.42 Å². The molecule has 1 unspecified atom stereocenters. The third-order valence-electron chi connectivity index (χ3n) is 6.43. The van der Waals surface area contributed by atoms with Crippen molar-refractivity contribution < 1.29 is 32.1 Å². The van der Waals surface area contributed by atoms with Crippen LogP contribution in [0.4, 0.5) is 0 Å². The molecule has 0 saturated heterocycles. The van der Waals surface area contributed by atoms with Crippen LogP contribution in [0, 0.1) is 0 Å². The van der Waals surface area contributed by atoms with E-state index in [1.54, 1.807) is 7.11 Å². The molecule has 0 fully saturated rings. The first-order chi connectivity index (χ1) is 17.3. The van der Waals surface area contributed by atoms with Gasteiger partial charge in [0.05, 0.1) is 34.4 Å². The number of phosphoric acid groups is 1. The first-order valence-electron chi connectivity index (χ1n) is 14.6. The fourth-order valence-corrected chi connectivity index (χ4v) is 4.83. The predicted octanol–water partition coefficient (Wildman–Crippen LogP) is 7.77. The van der Waals surface area contributed by atoms with E-state index in [0.29, 0.717) is 30.8 Å². The van der Waals surface area contributed by atoms with Gasteiger partial charge in [0.25, 0.3) is 0 Å². The molecule has 0 saturated carbocycles. The lowest BCUT2D eigenvalue weighted by atomic mass is 10.0. The highest BCUT2D eigenvalue weighted by molar-refractivity contribution is 7.48. The maximum atomic E-state index is 12.6. The number of methoxy groups -OCH3 is 1. The van der Waals surface area contributed by atoms with Crippen molar-refractivity contribution in [3.8, 4) is 0 Å². The fourth-order valence-electron chi connectivity index (χ4n) is 3.89. The number of likely N-dealkylation sites (N-methyl/N-ethyl adjacent to an activating group) is 1. The Morgan fingerprint density at radius 2 is 1.11 bits per heavy atom. The Morgan fingerprint density at radius 1 is 0.639 bits per heavy atom. The summed E-state index contributed by atoms with van der Waals surface area (Å²) in [5.74, 6) is 0. The SMILES string of the molecule is CCCCCCCCCCCCCCCCCCOC[C@H](COP(=O)(OC)OCC[N+](C)(C)C)OC. The lowest BCUT2D eigenvalue weighted by molar-refractivity contribution is -0.870. The van der Waals surface area contributed by atoms with Crippen molar-refractivity contribution in [3.63, 3.8) is 0 Å². The Morgan fingerprint density at radius 3 is 1.53 bits per heavy atom. The molecule has 2 atom stereocenters. The van der Waals surface area contributed by atoms with E-state index in [2.05, 4.69) is 6.92 Å². The molecule has 0 aromatic heterocycles. The number of nitrogens with zero attached hydrogens (tertiary/aromatic N) is 1. The standard InChI is InChI=1S/C28H61NO6P/c1-7-8-9-10-11-12-13-14-15-16-17-18-19-20-21-22-24-33-26-28(31-5)27-35-36(30,32-6)34-25-23-29(2,3)4/h28H,7-27H2,1-6H3/q+1/t28-,36?/m1/s1. The lowest BCUT2D eigenvalue weighted by Gasteiger charge is -2.25. The van der Waals surface area contributed by atoms with Gasteiger partial charge in [-0.2, -0.15) is 0 Å². The second kappa shape index (κ2) is 24.1. The van der Waals surface area contributed by atoms with E-state index in [9.17, 15) is 4.57 Å². The Balaban J connectivity index is 3.58. The minimum atomic E-state index is -3.58. The summed E-state index contributed by atoms with van der Waals surface area (Å²) in [5, 5.41) is 0. The van der Waals surface area contributed by atoms with Crippen LogP contribution in [-0.2, 0) is 27.6 Å². The molecule has 0 heterocycles. The van der Waals surface area contributed by atoms with Crippen LogP contribution < -0.4 is 0 Å². The van der Waals surface area contributed by atoms with E-state index in [0.717, 1.165) is 6.42 Å². The fraction of sp³-hybridized carbons (Fsp3) is 1.00. The van der Waals surface area contributed by atoms with Crippen LogP contribution in [0.15, 0.2) is 0 Å². The molecule has 8 heteroatoms. The van der Waals surface area contributed by atoms with Gasteiger partial charge in [-0.1, -0.05) is 103 Å². The zero-order chi connectivity index (χ0) is 27.0. The van der Waals surface area contributed by atoms with Crippen molar-refractivity contribution in [2.24, 2.45) is 0 Å². The van der Waals surface area contributed by atoms with Gasteiger partial charge >= 0.3 is 7.82 Å². The van der Waals surface area contributed by atoms with E-state index in [1.807, 2.05) is 21.1 Å². The first-order valence-corrected chi connectivity index (χ1v) is 16.1. The van der Waals surface area contributed by atoms with Crippen molar-refractivity contribution in [3.05, 3.63) is 0 Å². The molecule has 0 aliphatic carbocycles. The molecule has 0 aliphatic heterocycles. The van der Waals surface area contributed by atoms with Crippen molar-refractivity contribution >= 4 is 7.82 Å². The van der Waals surface area contributed by atoms with Crippen LogP contribution in [0.1, 0.15) is 110 Å². The predicted molar refractivity (Wildman–Crippen MR) is 151 cm³/mol. The van der Waals surface area contributed by atoms with Crippen LogP contribution >= 0.6 is 7.82 Å². The van der Waals surface area contributed by atoms with Crippen LogP contribution in [0.3, 0.4) is 0 Å². The van der Waals surface area contributed by atoms with E-state index in [-0.39, 0.29) is 12.7 Å². The zero-order valence-corrected chi connectivity index (χ0v) is 25.7. The van der Waals surface area contributed by atoms with E-state index in [4.69, 9.17) is 23.0 Å². The van der Waals surface area contributed by atoms with Crippen LogP contribution in [0.2, 0.25) is 0 Å². The molecule has 0 aromatic carbocycles. The van der Waals surface area contributed by atoms with E-state index in [1.165, 1.54) is 103 Å². The molecule has 218 valence electrons. The molecule has 0 radical (unpaired) electrons. The van der Waals surface area contributed by atoms with Crippen molar-refractivity contribution in [1.82, 2.24) is 0 Å². The van der Waals surface area contributed by atoms with Gasteiger partial charge in [-0.3, -0.25) is 13.6 Å². The second-order valence-electron chi connectivity index (χ2n) is 11.0. The summed E-state index contributed by atoms with van der Waals surface area (Å²) in [4.78, 5) is 0. The number of unbranched alkanes of at least 4 members (excludes halogenated alkanes) is 15. The number of ether oxygens (including phenoxy) is 2. The van der Waals surface area contributed by atoms with E-state index < -0.39 is 7.82 Å². The number of hydrogen-bond acceptors (Lipinski definition) is 6. The van der Waals surface area contributed by atoms with Gasteiger partial charge in [-0.15, -0.1) is 0 Å². The minimum absolute atomic E-state index is 0.102. The van der Waals surface area contributed by atoms with Crippen molar-refractivity contribution in [1.29, 1.82) is 0 Å². The highest BCUT2D eigenvalue weighted by atomic mass is 31.2. The molecule has 0 amide bonds. The molecule has 0 N–H and O–H groups in total. The molecule has 0 bridgehead atoms. The molecule has 7 nitrogen and oxygen atoms in total. The lowest BCUT2D eigenvalue weighted by Crippen LogP contribution is -2.37. The third kappa shape index (κ3) is 24.3. The summed E-state index contributed by atoms with van der Waals surface area (Å²) >= 11 is 0. The molecule has 0 spiro atoms. The molecular formula is C28H61NO6P+. The first kappa shape index (κ1) is 36.0. The summed E-state index contributed by atoms with van der Waals surface area (Å²) in [6.07, 6.45) is 21.4. The largest absolute Gasteiger partial charge is 0.474 e. The van der Waals surface area contributed by atoms with Gasteiger partial charge in [0, 0.05) is 20.8 Å². The van der Waals surface area contributed by atoms with Gasteiger partial charge in [0.15, 0.2) is 0 Å². The topological polar surface area (TPSA) is 63.2 Å². The summed E-state index contributed by atoms with van der Waals surface area (Å²) < 4.78 is 40.2. The van der Waals surface area contributed by atoms with E-state index >= 15 is 0 Å². The maximum Gasteiger partial charge on any atom is 0.474 e. The number of phosphoric ester groups is 1. The van der Waals surface area contributed by atoms with Crippen LogP contribution in [0.5, 0.6) is 0 Å². The molecular weight excluding hydrogens is 477 g/mol. The highest BCUT2D eigenvalue weighted by Gasteiger charge is 2.27. The van der Waals surface area contributed by atoms with Gasteiger partial charge in [0.2, 0.25) is 0 Å². The quantitative estimate of drug-likeness (QED) is 0.0576. The second-order valence-corrected chi connectivity index (χ2v) is 12.8. The minimum Gasteiger partial charge on any atom is -0.379 e. The molecule has 0 aliphatic rings. The molecule has 0 rings (SSSR count). The van der Waals surface area contributed by atoms with Gasteiger partial charge < -0.3 is 14.0 Å². The maximum absolute atomic E-state index is 12.6. The number of hydrogen-bond donors (Lipinski definition) is 0. The Hall–Kier alpha value is -0.0100. The smallest absolute Gasteiger partial charge is 0.379 e.